The van der Waals surface area contributed by atoms with Crippen molar-refractivity contribution in [3.63, 3.8) is 0 Å². The highest BCUT2D eigenvalue weighted by Crippen LogP contribution is 2.13. The van der Waals surface area contributed by atoms with Crippen molar-refractivity contribution in [1.82, 2.24) is 9.80 Å². The number of hydrogen-bond donors (Lipinski definition) is 0. The lowest BCUT2D eigenvalue weighted by atomic mass is 10.1. The number of amides is 2. The molecule has 1 fully saturated rings. The van der Waals surface area contributed by atoms with Crippen molar-refractivity contribution in [2.24, 2.45) is 5.92 Å². The summed E-state index contributed by atoms with van der Waals surface area (Å²) >= 11 is 0. The molecule has 1 aliphatic rings. The van der Waals surface area contributed by atoms with E-state index >= 15 is 0 Å². The number of furan rings is 1. The SMILES string of the molecule is Cc1ccc(C(=O)N2CCN(C(=O)CCC(C)C)CC2)o1. The van der Waals surface area contributed by atoms with E-state index in [1.807, 2.05) is 11.8 Å². The van der Waals surface area contributed by atoms with Gasteiger partial charge in [0.2, 0.25) is 5.91 Å². The predicted octanol–water partition coefficient (Wildman–Crippen LogP) is 2.31. The smallest absolute Gasteiger partial charge is 0.289 e. The minimum absolute atomic E-state index is 0.0858. The zero-order valence-electron chi connectivity index (χ0n) is 13.1. The quantitative estimate of drug-likeness (QED) is 0.855. The zero-order valence-corrected chi connectivity index (χ0v) is 13.1. The third-order valence-corrected chi connectivity index (χ3v) is 3.81. The minimum atomic E-state index is -0.0858. The molecule has 1 aromatic rings. The highest BCUT2D eigenvalue weighted by atomic mass is 16.3. The van der Waals surface area contributed by atoms with Gasteiger partial charge >= 0.3 is 0 Å². The Morgan fingerprint density at radius 1 is 1.14 bits per heavy atom. The Kier molecular flexibility index (Phi) is 5.04. The van der Waals surface area contributed by atoms with Gasteiger partial charge < -0.3 is 14.2 Å². The largest absolute Gasteiger partial charge is 0.456 e. The van der Waals surface area contributed by atoms with Gasteiger partial charge in [0.25, 0.3) is 5.91 Å². The summed E-state index contributed by atoms with van der Waals surface area (Å²) in [5.41, 5.74) is 0. The fourth-order valence-electron chi connectivity index (χ4n) is 2.43. The van der Waals surface area contributed by atoms with Gasteiger partial charge in [0, 0.05) is 32.6 Å². The molecule has 0 aliphatic carbocycles. The van der Waals surface area contributed by atoms with E-state index in [9.17, 15) is 9.59 Å². The molecule has 0 unspecified atom stereocenters. The van der Waals surface area contributed by atoms with E-state index < -0.39 is 0 Å². The molecule has 116 valence electrons. The topological polar surface area (TPSA) is 53.8 Å². The third kappa shape index (κ3) is 4.09. The first-order valence-corrected chi connectivity index (χ1v) is 7.61. The molecule has 0 radical (unpaired) electrons. The van der Waals surface area contributed by atoms with Crippen LogP contribution in [0.25, 0.3) is 0 Å². The Morgan fingerprint density at radius 2 is 1.76 bits per heavy atom. The van der Waals surface area contributed by atoms with Crippen molar-refractivity contribution >= 4 is 11.8 Å². The summed E-state index contributed by atoms with van der Waals surface area (Å²) < 4.78 is 5.37. The van der Waals surface area contributed by atoms with Crippen molar-refractivity contribution in [1.29, 1.82) is 0 Å². The van der Waals surface area contributed by atoms with Gasteiger partial charge in [-0.25, -0.2) is 0 Å². The van der Waals surface area contributed by atoms with Crippen molar-refractivity contribution in [3.05, 3.63) is 23.7 Å². The molecule has 0 atom stereocenters. The molecule has 1 aliphatic heterocycles. The van der Waals surface area contributed by atoms with Crippen LogP contribution in [0.5, 0.6) is 0 Å². The molecule has 0 bridgehead atoms. The molecule has 1 saturated heterocycles. The number of piperazine rings is 1. The maximum Gasteiger partial charge on any atom is 0.289 e. The lowest BCUT2D eigenvalue weighted by molar-refractivity contribution is -0.132. The maximum absolute atomic E-state index is 12.2. The van der Waals surface area contributed by atoms with E-state index in [4.69, 9.17) is 4.42 Å². The number of hydrogen-bond acceptors (Lipinski definition) is 3. The molecule has 5 heteroatoms. The number of rotatable bonds is 4. The second-order valence-electron chi connectivity index (χ2n) is 6.02. The molecule has 2 heterocycles. The minimum Gasteiger partial charge on any atom is -0.456 e. The summed E-state index contributed by atoms with van der Waals surface area (Å²) in [7, 11) is 0. The monoisotopic (exact) mass is 292 g/mol. The van der Waals surface area contributed by atoms with Crippen LogP contribution in [-0.2, 0) is 4.79 Å². The van der Waals surface area contributed by atoms with Gasteiger partial charge in [0.15, 0.2) is 5.76 Å². The zero-order chi connectivity index (χ0) is 15.4. The Labute approximate surface area is 125 Å². The van der Waals surface area contributed by atoms with E-state index in [1.165, 1.54) is 0 Å². The van der Waals surface area contributed by atoms with Crippen LogP contribution in [0.15, 0.2) is 16.5 Å². The molecule has 2 amide bonds. The highest BCUT2D eigenvalue weighted by molar-refractivity contribution is 5.91. The number of aryl methyl sites for hydroxylation is 1. The Morgan fingerprint density at radius 3 is 2.29 bits per heavy atom. The van der Waals surface area contributed by atoms with Crippen LogP contribution in [0.1, 0.15) is 43.0 Å². The Balaban J connectivity index is 1.83. The van der Waals surface area contributed by atoms with E-state index in [-0.39, 0.29) is 11.8 Å². The van der Waals surface area contributed by atoms with Crippen LogP contribution >= 0.6 is 0 Å². The average Bonchev–Trinajstić information content (AvgIpc) is 2.90. The van der Waals surface area contributed by atoms with Crippen molar-refractivity contribution in [3.8, 4) is 0 Å². The van der Waals surface area contributed by atoms with E-state index in [0.717, 1.165) is 12.2 Å². The normalized spacial score (nSPS) is 15.6. The van der Waals surface area contributed by atoms with E-state index in [1.54, 1.807) is 17.0 Å². The van der Waals surface area contributed by atoms with E-state index in [0.29, 0.717) is 44.3 Å². The Bertz CT molecular complexity index is 499. The second kappa shape index (κ2) is 6.78. The molecular formula is C16H24N2O3. The first-order valence-electron chi connectivity index (χ1n) is 7.61. The molecular weight excluding hydrogens is 268 g/mol. The summed E-state index contributed by atoms with van der Waals surface area (Å²) in [5.74, 6) is 1.77. The molecule has 0 spiro atoms. The second-order valence-corrected chi connectivity index (χ2v) is 6.02. The van der Waals surface area contributed by atoms with Crippen LogP contribution in [0, 0.1) is 12.8 Å². The van der Waals surface area contributed by atoms with Crippen LogP contribution in [0.4, 0.5) is 0 Å². The van der Waals surface area contributed by atoms with Crippen LogP contribution in [-0.4, -0.2) is 47.8 Å². The summed E-state index contributed by atoms with van der Waals surface area (Å²) in [6.45, 7) is 8.44. The van der Waals surface area contributed by atoms with Gasteiger partial charge in [-0.1, -0.05) is 13.8 Å². The molecule has 0 aromatic carbocycles. The van der Waals surface area contributed by atoms with Crippen LogP contribution < -0.4 is 0 Å². The lowest BCUT2D eigenvalue weighted by Gasteiger charge is -2.34. The lowest BCUT2D eigenvalue weighted by Crippen LogP contribution is -2.50. The van der Waals surface area contributed by atoms with E-state index in [2.05, 4.69) is 13.8 Å². The van der Waals surface area contributed by atoms with Gasteiger partial charge in [0.1, 0.15) is 5.76 Å². The van der Waals surface area contributed by atoms with Crippen LogP contribution in [0.3, 0.4) is 0 Å². The first kappa shape index (κ1) is 15.6. The molecule has 1 aromatic heterocycles. The number of carbonyl (C=O) groups excluding carboxylic acids is 2. The van der Waals surface area contributed by atoms with Crippen LogP contribution in [0.2, 0.25) is 0 Å². The fraction of sp³-hybridized carbons (Fsp3) is 0.625. The third-order valence-electron chi connectivity index (χ3n) is 3.81. The molecule has 2 rings (SSSR count). The summed E-state index contributed by atoms with van der Waals surface area (Å²) in [4.78, 5) is 27.9. The summed E-state index contributed by atoms with van der Waals surface area (Å²) in [5, 5.41) is 0. The van der Waals surface area contributed by atoms with Crippen molar-refractivity contribution in [2.75, 3.05) is 26.2 Å². The summed E-state index contributed by atoms with van der Waals surface area (Å²) in [6.07, 6.45) is 1.52. The number of carbonyl (C=O) groups is 2. The Hall–Kier alpha value is -1.78. The van der Waals surface area contributed by atoms with Gasteiger partial charge in [-0.05, 0) is 31.4 Å². The number of nitrogens with zero attached hydrogens (tertiary/aromatic N) is 2. The van der Waals surface area contributed by atoms with Gasteiger partial charge in [-0.15, -0.1) is 0 Å². The molecule has 21 heavy (non-hydrogen) atoms. The van der Waals surface area contributed by atoms with Gasteiger partial charge in [-0.2, -0.15) is 0 Å². The molecule has 0 saturated carbocycles. The predicted molar refractivity (Wildman–Crippen MR) is 80.0 cm³/mol. The molecule has 5 nitrogen and oxygen atoms in total. The fourth-order valence-corrected chi connectivity index (χ4v) is 2.43. The van der Waals surface area contributed by atoms with Crippen molar-refractivity contribution < 1.29 is 14.0 Å². The van der Waals surface area contributed by atoms with Crippen molar-refractivity contribution in [2.45, 2.75) is 33.6 Å². The maximum atomic E-state index is 12.2. The highest BCUT2D eigenvalue weighted by Gasteiger charge is 2.26. The van der Waals surface area contributed by atoms with Gasteiger partial charge in [-0.3, -0.25) is 9.59 Å². The van der Waals surface area contributed by atoms with Gasteiger partial charge in [0.05, 0.1) is 0 Å². The average molecular weight is 292 g/mol. The first-order chi connectivity index (χ1) is 9.97. The standard InChI is InChI=1S/C16H24N2O3/c1-12(2)4-7-15(19)17-8-10-18(11-9-17)16(20)14-6-5-13(3)21-14/h5-6,12H,4,7-11H2,1-3H3. The molecule has 0 N–H and O–H groups in total. The summed E-state index contributed by atoms with van der Waals surface area (Å²) in [6, 6.07) is 3.50.